The maximum absolute atomic E-state index is 12.7. The third-order valence-electron chi connectivity index (χ3n) is 5.54. The van der Waals surface area contributed by atoms with Crippen molar-refractivity contribution in [2.75, 3.05) is 0 Å². The summed E-state index contributed by atoms with van der Waals surface area (Å²) in [5.74, 6) is 1.48. The third kappa shape index (κ3) is 4.70. The van der Waals surface area contributed by atoms with Crippen molar-refractivity contribution in [1.29, 1.82) is 0 Å². The Bertz CT molecular complexity index is 1030. The van der Waals surface area contributed by atoms with Gasteiger partial charge in [-0.3, -0.25) is 4.79 Å². The van der Waals surface area contributed by atoms with Gasteiger partial charge in [-0.1, -0.05) is 36.4 Å². The highest BCUT2D eigenvalue weighted by molar-refractivity contribution is 5.96. The Morgan fingerprint density at radius 1 is 1.00 bits per heavy atom. The second-order valence-corrected chi connectivity index (χ2v) is 7.87. The van der Waals surface area contributed by atoms with Crippen LogP contribution in [0.15, 0.2) is 54.7 Å². The minimum absolute atomic E-state index is 0.140. The first-order valence-corrected chi connectivity index (χ1v) is 10.4. The molecule has 1 aliphatic rings. The lowest BCUT2D eigenvalue weighted by molar-refractivity contribution is -0.116. The van der Waals surface area contributed by atoms with E-state index in [2.05, 4.69) is 29.0 Å². The normalized spacial score (nSPS) is 12.7. The van der Waals surface area contributed by atoms with Crippen LogP contribution >= 0.6 is 0 Å². The number of rotatable bonds is 8. The van der Waals surface area contributed by atoms with Gasteiger partial charge in [0.1, 0.15) is 11.6 Å². The summed E-state index contributed by atoms with van der Waals surface area (Å²) < 4.78 is 2.24. The van der Waals surface area contributed by atoms with Crippen LogP contribution in [-0.4, -0.2) is 21.1 Å². The van der Waals surface area contributed by atoms with Gasteiger partial charge in [0.25, 0.3) is 0 Å². The van der Waals surface area contributed by atoms with Crippen LogP contribution < -0.4 is 0 Å². The van der Waals surface area contributed by atoms with Crippen LogP contribution in [0.25, 0.3) is 11.3 Å². The fourth-order valence-electron chi connectivity index (χ4n) is 3.90. The van der Waals surface area contributed by atoms with E-state index in [4.69, 9.17) is 4.98 Å². The maximum Gasteiger partial charge on any atom is 0.163 e. The van der Waals surface area contributed by atoms with E-state index in [0.717, 1.165) is 40.9 Å². The quantitative estimate of drug-likeness (QED) is 0.521. The second-order valence-electron chi connectivity index (χ2n) is 7.87. The van der Waals surface area contributed by atoms with E-state index in [0.29, 0.717) is 25.7 Å². The van der Waals surface area contributed by atoms with Crippen LogP contribution in [-0.2, 0) is 30.6 Å². The van der Waals surface area contributed by atoms with E-state index in [1.165, 1.54) is 12.2 Å². The van der Waals surface area contributed by atoms with Crippen LogP contribution in [0.5, 0.6) is 0 Å². The number of aryl methyl sites for hydroxylation is 4. The first kappa shape index (κ1) is 19.3. The van der Waals surface area contributed by atoms with Gasteiger partial charge in [-0.15, -0.1) is 0 Å². The monoisotopic (exact) mass is 386 g/mol. The fraction of sp³-hybridized carbons (Fsp3) is 0.320. The van der Waals surface area contributed by atoms with E-state index < -0.39 is 0 Å². The molecule has 4 rings (SSSR count). The Balaban J connectivity index is 1.40. The Hall–Kier alpha value is -3.01. The van der Waals surface area contributed by atoms with Crippen LogP contribution in [0.1, 0.15) is 53.5 Å². The standard InChI is InChI=1S/C25H26N2O2/c1-18(28)10-11-19-6-3-8-22(16-19)24(29)13-12-20-5-2-7-21(15-20)23-17-27-14-4-9-25(27)26-23/h2-3,5-8,15-17H,4,9-14H2,1H3. The number of carbonyl (C=O) groups is 2. The molecule has 0 N–H and O–H groups in total. The topological polar surface area (TPSA) is 52.0 Å². The van der Waals surface area contributed by atoms with Gasteiger partial charge >= 0.3 is 0 Å². The predicted molar refractivity (Wildman–Crippen MR) is 114 cm³/mol. The number of ketones is 2. The molecule has 0 unspecified atom stereocenters. The van der Waals surface area contributed by atoms with Crippen LogP contribution in [0.4, 0.5) is 0 Å². The molecule has 0 bridgehead atoms. The van der Waals surface area contributed by atoms with Gasteiger partial charge in [0.15, 0.2) is 5.78 Å². The number of aromatic nitrogens is 2. The lowest BCUT2D eigenvalue weighted by Gasteiger charge is -2.06. The molecule has 3 aromatic rings. The number of benzene rings is 2. The molecule has 2 aromatic carbocycles. The summed E-state index contributed by atoms with van der Waals surface area (Å²) >= 11 is 0. The lowest BCUT2D eigenvalue weighted by Crippen LogP contribution is -2.03. The number of fused-ring (bicyclic) bond motifs is 1. The summed E-state index contributed by atoms with van der Waals surface area (Å²) in [6.45, 7) is 2.66. The van der Waals surface area contributed by atoms with E-state index in [1.807, 2.05) is 30.3 Å². The van der Waals surface area contributed by atoms with E-state index in [1.54, 1.807) is 6.92 Å². The summed E-state index contributed by atoms with van der Waals surface area (Å²) in [6, 6.07) is 16.0. The maximum atomic E-state index is 12.7. The molecule has 4 heteroatoms. The molecule has 0 fully saturated rings. The van der Waals surface area contributed by atoms with Crippen LogP contribution in [0, 0.1) is 0 Å². The summed E-state index contributed by atoms with van der Waals surface area (Å²) in [7, 11) is 0. The Morgan fingerprint density at radius 2 is 1.76 bits per heavy atom. The number of hydrogen-bond acceptors (Lipinski definition) is 3. The van der Waals surface area contributed by atoms with Gasteiger partial charge in [0, 0.05) is 43.1 Å². The molecule has 1 aliphatic heterocycles. The number of hydrogen-bond donors (Lipinski definition) is 0. The fourth-order valence-corrected chi connectivity index (χ4v) is 3.90. The van der Waals surface area contributed by atoms with Gasteiger partial charge in [-0.05, 0) is 49.4 Å². The number of carbonyl (C=O) groups excluding carboxylic acids is 2. The Labute approximate surface area is 171 Å². The molecule has 29 heavy (non-hydrogen) atoms. The number of Topliss-reactive ketones (excluding diaryl/α,β-unsaturated/α-hetero) is 2. The lowest BCUT2D eigenvalue weighted by atomic mass is 9.98. The zero-order valence-electron chi connectivity index (χ0n) is 16.9. The van der Waals surface area contributed by atoms with E-state index in [-0.39, 0.29) is 11.6 Å². The summed E-state index contributed by atoms with van der Waals surface area (Å²) in [6.07, 6.45) is 6.76. The van der Waals surface area contributed by atoms with Gasteiger partial charge in [-0.2, -0.15) is 0 Å². The van der Waals surface area contributed by atoms with Gasteiger partial charge < -0.3 is 9.36 Å². The Kier molecular flexibility index (Phi) is 5.70. The summed E-state index contributed by atoms with van der Waals surface area (Å²) in [4.78, 5) is 28.6. The predicted octanol–water partition coefficient (Wildman–Crippen LogP) is 4.83. The molecule has 1 aromatic heterocycles. The molecular formula is C25H26N2O2. The molecule has 2 heterocycles. The van der Waals surface area contributed by atoms with Crippen molar-refractivity contribution in [3.63, 3.8) is 0 Å². The first-order valence-electron chi connectivity index (χ1n) is 10.4. The molecule has 148 valence electrons. The summed E-state index contributed by atoms with van der Waals surface area (Å²) in [5, 5.41) is 0. The number of imidazole rings is 1. The van der Waals surface area contributed by atoms with Crippen molar-refractivity contribution in [1.82, 2.24) is 9.55 Å². The first-order chi connectivity index (χ1) is 14.1. The SMILES string of the molecule is CC(=O)CCc1cccc(C(=O)CCc2cccc(-c3cn4c(n3)CCC4)c2)c1. The highest BCUT2D eigenvalue weighted by Crippen LogP contribution is 2.24. The van der Waals surface area contributed by atoms with Crippen molar-refractivity contribution in [2.24, 2.45) is 0 Å². The van der Waals surface area contributed by atoms with Crippen LogP contribution in [0.2, 0.25) is 0 Å². The molecule has 0 aliphatic carbocycles. The average Bonchev–Trinajstić information content (AvgIpc) is 3.33. The van der Waals surface area contributed by atoms with E-state index in [9.17, 15) is 9.59 Å². The molecule has 0 spiro atoms. The van der Waals surface area contributed by atoms with Gasteiger partial charge in [-0.25, -0.2) is 4.98 Å². The summed E-state index contributed by atoms with van der Waals surface area (Å²) in [5.41, 5.74) is 5.06. The zero-order valence-corrected chi connectivity index (χ0v) is 16.9. The molecule has 0 amide bonds. The average molecular weight is 386 g/mol. The van der Waals surface area contributed by atoms with E-state index >= 15 is 0 Å². The molecule has 4 nitrogen and oxygen atoms in total. The smallest absolute Gasteiger partial charge is 0.163 e. The van der Waals surface area contributed by atoms with Crippen molar-refractivity contribution < 1.29 is 9.59 Å². The molecule has 0 saturated heterocycles. The third-order valence-corrected chi connectivity index (χ3v) is 5.54. The second kappa shape index (κ2) is 8.56. The van der Waals surface area contributed by atoms with Crippen molar-refractivity contribution in [3.8, 4) is 11.3 Å². The molecule has 0 radical (unpaired) electrons. The molecule has 0 atom stereocenters. The largest absolute Gasteiger partial charge is 0.334 e. The van der Waals surface area contributed by atoms with Crippen molar-refractivity contribution in [2.45, 2.75) is 52.0 Å². The number of nitrogens with zero attached hydrogens (tertiary/aromatic N) is 2. The zero-order chi connectivity index (χ0) is 20.2. The van der Waals surface area contributed by atoms with Gasteiger partial charge in [0.05, 0.1) is 5.69 Å². The highest BCUT2D eigenvalue weighted by Gasteiger charge is 2.15. The van der Waals surface area contributed by atoms with Gasteiger partial charge in [0.2, 0.25) is 0 Å². The van der Waals surface area contributed by atoms with Crippen molar-refractivity contribution >= 4 is 11.6 Å². The van der Waals surface area contributed by atoms with Crippen LogP contribution in [0.3, 0.4) is 0 Å². The Morgan fingerprint density at radius 3 is 2.55 bits per heavy atom. The molecular weight excluding hydrogens is 360 g/mol. The minimum Gasteiger partial charge on any atom is -0.334 e. The minimum atomic E-state index is 0.140. The highest BCUT2D eigenvalue weighted by atomic mass is 16.1. The van der Waals surface area contributed by atoms with Crippen molar-refractivity contribution in [3.05, 3.63) is 77.2 Å². The molecule has 0 saturated carbocycles.